The summed E-state index contributed by atoms with van der Waals surface area (Å²) < 4.78 is 16.5. The predicted octanol–water partition coefficient (Wildman–Crippen LogP) is 4.31. The molecule has 0 aliphatic rings. The Morgan fingerprint density at radius 2 is 1.63 bits per heavy atom. The Labute approximate surface area is 172 Å². The number of benzene rings is 2. The van der Waals surface area contributed by atoms with Crippen molar-refractivity contribution in [3.05, 3.63) is 77.8 Å². The van der Waals surface area contributed by atoms with Crippen LogP contribution in [-0.2, 0) is 9.53 Å². The average Bonchev–Trinajstić information content (AvgIpc) is 2.72. The zero-order valence-electron chi connectivity index (χ0n) is 16.2. The van der Waals surface area contributed by atoms with E-state index in [-0.39, 0.29) is 23.1 Å². The molecule has 0 saturated carbocycles. The van der Waals surface area contributed by atoms with Crippen molar-refractivity contribution in [1.82, 2.24) is 9.97 Å². The fraction of sp³-hybridized carbons (Fsp3) is 0.0909. The maximum Gasteiger partial charge on any atom is 0.339 e. The molecule has 0 radical (unpaired) electrons. The summed E-state index contributed by atoms with van der Waals surface area (Å²) in [5, 5.41) is 18.7. The number of aromatic nitrogens is 2. The number of carboxylic acid groups (broad SMARTS) is 1. The van der Waals surface area contributed by atoms with E-state index in [0.717, 1.165) is 6.26 Å². The van der Waals surface area contributed by atoms with E-state index in [1.807, 2.05) is 0 Å². The van der Waals surface area contributed by atoms with Crippen LogP contribution in [0.3, 0.4) is 0 Å². The number of carboxylic acids is 1. The van der Waals surface area contributed by atoms with Crippen LogP contribution in [0.25, 0.3) is 5.57 Å². The number of hydrogen-bond donors (Lipinski definition) is 1. The van der Waals surface area contributed by atoms with Gasteiger partial charge in [0.2, 0.25) is 11.8 Å². The highest BCUT2D eigenvalue weighted by molar-refractivity contribution is 6.15. The smallest absolute Gasteiger partial charge is 0.339 e. The second-order valence-electron chi connectivity index (χ2n) is 5.97. The molecule has 0 aliphatic heterocycles. The van der Waals surface area contributed by atoms with E-state index in [4.69, 9.17) is 14.2 Å². The zero-order chi connectivity index (χ0) is 21.5. The predicted molar refractivity (Wildman–Crippen MR) is 107 cm³/mol. The van der Waals surface area contributed by atoms with Crippen LogP contribution in [0.15, 0.2) is 60.9 Å². The first-order valence-electron chi connectivity index (χ1n) is 8.78. The zero-order valence-corrected chi connectivity index (χ0v) is 16.2. The summed E-state index contributed by atoms with van der Waals surface area (Å²) in [5.74, 6) is 0.166. The van der Waals surface area contributed by atoms with Gasteiger partial charge in [-0.05, 0) is 25.1 Å². The Morgan fingerprint density at radius 1 is 1.03 bits per heavy atom. The molecule has 1 heterocycles. The normalized spacial score (nSPS) is 10.8. The quantitative estimate of drug-likeness (QED) is 0.458. The second-order valence-corrected chi connectivity index (χ2v) is 5.97. The van der Waals surface area contributed by atoms with E-state index < -0.39 is 5.97 Å². The van der Waals surface area contributed by atoms with Crippen molar-refractivity contribution in [3.8, 4) is 29.3 Å². The van der Waals surface area contributed by atoms with Crippen LogP contribution in [0.1, 0.15) is 17.0 Å². The summed E-state index contributed by atoms with van der Waals surface area (Å²) in [7, 11) is 1.36. The summed E-state index contributed by atoms with van der Waals surface area (Å²) >= 11 is 0. The molecule has 0 atom stereocenters. The molecule has 30 heavy (non-hydrogen) atoms. The van der Waals surface area contributed by atoms with Gasteiger partial charge in [0, 0.05) is 5.56 Å². The Balaban J connectivity index is 1.95. The van der Waals surface area contributed by atoms with Gasteiger partial charge in [0.25, 0.3) is 0 Å². The third-order valence-corrected chi connectivity index (χ3v) is 3.87. The van der Waals surface area contributed by atoms with Crippen molar-refractivity contribution in [2.24, 2.45) is 0 Å². The maximum atomic E-state index is 11.6. The lowest BCUT2D eigenvalue weighted by molar-refractivity contribution is -0.130. The lowest BCUT2D eigenvalue weighted by atomic mass is 10.1. The van der Waals surface area contributed by atoms with Crippen molar-refractivity contribution in [2.75, 3.05) is 7.11 Å². The SMILES string of the molecule is COC=C(C(=O)O)c1ccccc1Oc1cc(Oc2ccccc2C#N)nc(C)n1. The lowest BCUT2D eigenvalue weighted by Crippen LogP contribution is -2.03. The summed E-state index contributed by atoms with van der Waals surface area (Å²) in [5.41, 5.74) is 0.607. The first-order valence-corrected chi connectivity index (χ1v) is 8.78. The first-order chi connectivity index (χ1) is 14.5. The van der Waals surface area contributed by atoms with Crippen molar-refractivity contribution >= 4 is 11.5 Å². The second kappa shape index (κ2) is 9.21. The number of para-hydroxylation sites is 2. The minimum absolute atomic E-state index is 0.0710. The van der Waals surface area contributed by atoms with Crippen LogP contribution in [-0.4, -0.2) is 28.2 Å². The maximum absolute atomic E-state index is 11.6. The standard InChI is InChI=1S/C22H17N3O5/c1-14-24-20(29-18-9-5-3-7-15(18)12-23)11-21(25-14)30-19-10-6-4-8-16(19)17(13-28-2)22(26)27/h3-11,13H,1-2H3,(H,26,27). The molecule has 0 unspecified atom stereocenters. The fourth-order valence-corrected chi connectivity index (χ4v) is 2.62. The van der Waals surface area contributed by atoms with E-state index in [2.05, 4.69) is 16.0 Å². The number of nitriles is 1. The number of methoxy groups -OCH3 is 1. The molecule has 0 bridgehead atoms. The number of aryl methyl sites for hydroxylation is 1. The van der Waals surface area contributed by atoms with Crippen molar-refractivity contribution in [3.63, 3.8) is 0 Å². The highest BCUT2D eigenvalue weighted by atomic mass is 16.5. The first kappa shape index (κ1) is 20.4. The third kappa shape index (κ3) is 4.72. The Morgan fingerprint density at radius 3 is 2.27 bits per heavy atom. The minimum Gasteiger partial charge on any atom is -0.503 e. The van der Waals surface area contributed by atoms with Gasteiger partial charge in [0.15, 0.2) is 0 Å². The van der Waals surface area contributed by atoms with Crippen molar-refractivity contribution < 1.29 is 24.1 Å². The van der Waals surface area contributed by atoms with Crippen molar-refractivity contribution in [1.29, 1.82) is 5.26 Å². The van der Waals surface area contributed by atoms with Crippen LogP contribution < -0.4 is 9.47 Å². The lowest BCUT2D eigenvalue weighted by Gasteiger charge is -2.12. The highest BCUT2D eigenvalue weighted by Gasteiger charge is 2.17. The topological polar surface area (TPSA) is 115 Å². The number of carbonyl (C=O) groups is 1. The summed E-state index contributed by atoms with van der Waals surface area (Å²) in [6.45, 7) is 1.66. The number of ether oxygens (including phenoxy) is 3. The molecule has 1 N–H and O–H groups in total. The Bertz CT molecular complexity index is 1150. The molecule has 0 saturated heterocycles. The van der Waals surface area contributed by atoms with Gasteiger partial charge in [0.05, 0.1) is 25.0 Å². The van der Waals surface area contributed by atoms with Gasteiger partial charge in [0.1, 0.15) is 29.0 Å². The van der Waals surface area contributed by atoms with Crippen LogP contribution in [0.5, 0.6) is 23.3 Å². The number of rotatable bonds is 7. The molecule has 3 aromatic rings. The van der Waals surface area contributed by atoms with Crippen LogP contribution in [0.4, 0.5) is 0 Å². The van der Waals surface area contributed by atoms with Gasteiger partial charge in [-0.25, -0.2) is 4.79 Å². The summed E-state index contributed by atoms with van der Waals surface area (Å²) in [6.07, 6.45) is 1.13. The molecular formula is C22H17N3O5. The van der Waals surface area contributed by atoms with E-state index in [0.29, 0.717) is 22.7 Å². The molecule has 0 spiro atoms. The van der Waals surface area contributed by atoms with Gasteiger partial charge < -0.3 is 19.3 Å². The minimum atomic E-state index is -1.16. The molecule has 0 amide bonds. The molecule has 1 aromatic heterocycles. The summed E-state index contributed by atoms with van der Waals surface area (Å²) in [4.78, 5) is 20.0. The largest absolute Gasteiger partial charge is 0.503 e. The van der Waals surface area contributed by atoms with E-state index in [9.17, 15) is 15.2 Å². The van der Waals surface area contributed by atoms with E-state index in [1.54, 1.807) is 55.5 Å². The van der Waals surface area contributed by atoms with Crippen LogP contribution in [0.2, 0.25) is 0 Å². The van der Waals surface area contributed by atoms with E-state index in [1.165, 1.54) is 13.2 Å². The summed E-state index contributed by atoms with van der Waals surface area (Å²) in [6, 6.07) is 16.9. The molecule has 0 aliphatic carbocycles. The molecule has 8 heteroatoms. The van der Waals surface area contributed by atoms with Crippen LogP contribution in [0, 0.1) is 18.3 Å². The Hall–Kier alpha value is -4.38. The van der Waals surface area contributed by atoms with Gasteiger partial charge >= 0.3 is 5.97 Å². The molecular weight excluding hydrogens is 386 g/mol. The molecule has 3 rings (SSSR count). The average molecular weight is 403 g/mol. The van der Waals surface area contributed by atoms with Crippen LogP contribution >= 0.6 is 0 Å². The molecule has 2 aromatic carbocycles. The van der Waals surface area contributed by atoms with Gasteiger partial charge in [-0.2, -0.15) is 15.2 Å². The highest BCUT2D eigenvalue weighted by Crippen LogP contribution is 2.32. The van der Waals surface area contributed by atoms with E-state index >= 15 is 0 Å². The molecule has 0 fully saturated rings. The number of aliphatic carboxylic acids is 1. The number of nitrogens with zero attached hydrogens (tertiary/aromatic N) is 3. The van der Waals surface area contributed by atoms with Gasteiger partial charge in [-0.1, -0.05) is 30.3 Å². The third-order valence-electron chi connectivity index (χ3n) is 3.87. The fourth-order valence-electron chi connectivity index (χ4n) is 2.62. The Kier molecular flexibility index (Phi) is 6.25. The number of hydrogen-bond acceptors (Lipinski definition) is 7. The molecule has 8 nitrogen and oxygen atoms in total. The molecule has 150 valence electrons. The van der Waals surface area contributed by atoms with Gasteiger partial charge in [-0.3, -0.25) is 0 Å². The van der Waals surface area contributed by atoms with Crippen molar-refractivity contribution in [2.45, 2.75) is 6.92 Å². The monoisotopic (exact) mass is 403 g/mol. The van der Waals surface area contributed by atoms with Gasteiger partial charge in [-0.15, -0.1) is 0 Å².